The van der Waals surface area contributed by atoms with E-state index in [0.717, 1.165) is 31.2 Å². The van der Waals surface area contributed by atoms with Crippen LogP contribution in [0.1, 0.15) is 78.2 Å². The number of nitrogens with zero attached hydrogens (tertiary/aromatic N) is 2. The Kier molecular flexibility index (Phi) is 11.7. The van der Waals surface area contributed by atoms with E-state index in [1.54, 1.807) is 12.1 Å². The first kappa shape index (κ1) is 33.0. The third-order valence-corrected chi connectivity index (χ3v) is 8.81. The summed E-state index contributed by atoms with van der Waals surface area (Å²) in [5.41, 5.74) is 5.61. The monoisotopic (exact) mass is 573 g/mol. The highest BCUT2D eigenvalue weighted by molar-refractivity contribution is 5.89. The molecular formula is C32H52FN5O3. The van der Waals surface area contributed by atoms with Crippen LogP contribution in [0.25, 0.3) is 0 Å². The number of likely N-dealkylation sites (tertiary alicyclic amines) is 1. The highest BCUT2D eigenvalue weighted by Crippen LogP contribution is 2.46. The Hall–Kier alpha value is -2.52. The van der Waals surface area contributed by atoms with Gasteiger partial charge in [0.2, 0.25) is 17.7 Å². The summed E-state index contributed by atoms with van der Waals surface area (Å²) in [7, 11) is 1.92. The van der Waals surface area contributed by atoms with Gasteiger partial charge in [-0.3, -0.25) is 14.4 Å². The summed E-state index contributed by atoms with van der Waals surface area (Å²) in [5, 5.41) is 6.25. The number of nitrogens with one attached hydrogen (secondary N) is 2. The number of amides is 3. The highest BCUT2D eigenvalue weighted by atomic mass is 19.1. The molecule has 230 valence electrons. The summed E-state index contributed by atoms with van der Waals surface area (Å²) in [4.78, 5) is 44.7. The van der Waals surface area contributed by atoms with Gasteiger partial charge in [0.15, 0.2) is 0 Å². The van der Waals surface area contributed by atoms with Crippen molar-refractivity contribution >= 4 is 17.7 Å². The molecule has 1 aliphatic heterocycles. The van der Waals surface area contributed by atoms with Crippen molar-refractivity contribution in [2.24, 2.45) is 23.0 Å². The Morgan fingerprint density at radius 1 is 1.10 bits per heavy atom. The lowest BCUT2D eigenvalue weighted by Crippen LogP contribution is -2.59. The smallest absolute Gasteiger partial charge is 0.245 e. The SMILES string of the molecule is C[C@@H](CN(C)CCN)C(=O)N[C@H](Cc1ccc(F)cc1)C(=O)N1CCC(C(=O)NC(C)(C)C)(C2CCCCC2)CC1. The Morgan fingerprint density at radius 3 is 2.27 bits per heavy atom. The standard InChI is InChI=1S/C32H52FN5O3/c1-23(22-37(5)20-17-34)28(39)35-27(21-24-11-13-26(33)14-12-24)29(40)38-18-15-32(16-19-38,25-9-7-6-8-10-25)30(41)36-31(2,3)4/h11-14,23,25,27H,6-10,15-22,34H2,1-5H3,(H,35,39)(H,36,41)/t23-,27+/m0/s1. The van der Waals surface area contributed by atoms with Crippen molar-refractivity contribution in [1.82, 2.24) is 20.4 Å². The van der Waals surface area contributed by atoms with Gasteiger partial charge in [-0.25, -0.2) is 4.39 Å². The molecule has 1 aliphatic carbocycles. The first-order valence-electron chi connectivity index (χ1n) is 15.4. The number of hydrogen-bond donors (Lipinski definition) is 3. The maximum Gasteiger partial charge on any atom is 0.245 e. The number of likely N-dealkylation sites (N-methyl/N-ethyl adjacent to an activating group) is 1. The number of halogens is 1. The molecule has 2 fully saturated rings. The molecule has 2 atom stereocenters. The van der Waals surface area contributed by atoms with E-state index in [9.17, 15) is 18.8 Å². The normalized spacial score (nSPS) is 19.5. The summed E-state index contributed by atoms with van der Waals surface area (Å²) in [6, 6.07) is 5.27. The zero-order chi connectivity index (χ0) is 30.2. The fourth-order valence-corrected chi connectivity index (χ4v) is 6.52. The molecule has 4 N–H and O–H groups in total. The van der Waals surface area contributed by atoms with Crippen molar-refractivity contribution in [2.45, 2.75) is 90.6 Å². The second kappa shape index (κ2) is 14.6. The van der Waals surface area contributed by atoms with Gasteiger partial charge in [0.1, 0.15) is 11.9 Å². The van der Waals surface area contributed by atoms with Gasteiger partial charge in [0.05, 0.1) is 5.41 Å². The molecule has 3 rings (SSSR count). The van der Waals surface area contributed by atoms with Crippen molar-refractivity contribution < 1.29 is 18.8 Å². The predicted octanol–water partition coefficient (Wildman–Crippen LogP) is 3.48. The van der Waals surface area contributed by atoms with Crippen molar-refractivity contribution in [1.29, 1.82) is 0 Å². The van der Waals surface area contributed by atoms with E-state index >= 15 is 0 Å². The molecule has 1 saturated heterocycles. The summed E-state index contributed by atoms with van der Waals surface area (Å²) in [6.07, 6.45) is 7.08. The highest BCUT2D eigenvalue weighted by Gasteiger charge is 2.49. The number of benzene rings is 1. The Bertz CT molecular complexity index is 1010. The minimum atomic E-state index is -0.777. The van der Waals surface area contributed by atoms with Crippen LogP contribution in [-0.2, 0) is 20.8 Å². The molecular weight excluding hydrogens is 521 g/mol. The molecule has 2 aliphatic rings. The third kappa shape index (κ3) is 9.23. The number of carbonyl (C=O) groups is 3. The van der Waals surface area contributed by atoms with Crippen LogP contribution in [0.2, 0.25) is 0 Å². The molecule has 0 spiro atoms. The maximum atomic E-state index is 13.9. The molecule has 1 aromatic rings. The van der Waals surface area contributed by atoms with Gasteiger partial charge >= 0.3 is 0 Å². The second-order valence-corrected chi connectivity index (χ2v) is 13.4. The van der Waals surface area contributed by atoms with Crippen molar-refractivity contribution in [3.63, 3.8) is 0 Å². The lowest BCUT2D eigenvalue weighted by Gasteiger charge is -2.48. The Balaban J connectivity index is 1.77. The van der Waals surface area contributed by atoms with Crippen LogP contribution < -0.4 is 16.4 Å². The Labute approximate surface area is 246 Å². The topological polar surface area (TPSA) is 108 Å². The minimum absolute atomic E-state index is 0.107. The fourth-order valence-electron chi connectivity index (χ4n) is 6.52. The van der Waals surface area contributed by atoms with Gasteiger partial charge in [0, 0.05) is 50.6 Å². The van der Waals surface area contributed by atoms with Crippen molar-refractivity contribution in [2.75, 3.05) is 39.8 Å². The lowest BCUT2D eigenvalue weighted by molar-refractivity contribution is -0.147. The van der Waals surface area contributed by atoms with E-state index in [1.807, 2.05) is 44.5 Å². The third-order valence-electron chi connectivity index (χ3n) is 8.81. The quantitative estimate of drug-likeness (QED) is 0.376. The summed E-state index contributed by atoms with van der Waals surface area (Å²) in [5.74, 6) is -0.615. The molecule has 1 aromatic carbocycles. The molecule has 0 radical (unpaired) electrons. The summed E-state index contributed by atoms with van der Waals surface area (Å²) >= 11 is 0. The van der Waals surface area contributed by atoms with Crippen LogP contribution in [0.4, 0.5) is 4.39 Å². The lowest BCUT2D eigenvalue weighted by atomic mass is 9.63. The molecule has 9 heteroatoms. The van der Waals surface area contributed by atoms with E-state index in [-0.39, 0.29) is 41.4 Å². The van der Waals surface area contributed by atoms with E-state index in [4.69, 9.17) is 5.73 Å². The minimum Gasteiger partial charge on any atom is -0.351 e. The first-order valence-corrected chi connectivity index (χ1v) is 15.4. The molecule has 1 heterocycles. The molecule has 1 saturated carbocycles. The van der Waals surface area contributed by atoms with Crippen LogP contribution in [0.15, 0.2) is 24.3 Å². The van der Waals surface area contributed by atoms with Gasteiger partial charge in [-0.1, -0.05) is 38.3 Å². The van der Waals surface area contributed by atoms with Gasteiger partial charge < -0.3 is 26.2 Å². The van der Waals surface area contributed by atoms with E-state index in [0.29, 0.717) is 51.5 Å². The molecule has 0 bridgehead atoms. The van der Waals surface area contributed by atoms with Gasteiger partial charge in [-0.05, 0) is 77.1 Å². The number of carbonyl (C=O) groups excluding carboxylic acids is 3. The zero-order valence-electron chi connectivity index (χ0n) is 25.8. The van der Waals surface area contributed by atoms with E-state index in [1.165, 1.54) is 18.6 Å². The largest absolute Gasteiger partial charge is 0.351 e. The zero-order valence-corrected chi connectivity index (χ0v) is 25.8. The number of piperidine rings is 1. The number of nitrogens with two attached hydrogens (primary N) is 1. The second-order valence-electron chi connectivity index (χ2n) is 13.4. The average Bonchev–Trinajstić information content (AvgIpc) is 2.93. The van der Waals surface area contributed by atoms with Crippen LogP contribution >= 0.6 is 0 Å². The average molecular weight is 574 g/mol. The van der Waals surface area contributed by atoms with Gasteiger partial charge in [-0.2, -0.15) is 0 Å². The molecule has 0 unspecified atom stereocenters. The number of rotatable bonds is 11. The van der Waals surface area contributed by atoms with Crippen LogP contribution in [0.5, 0.6) is 0 Å². The van der Waals surface area contributed by atoms with Crippen molar-refractivity contribution in [3.8, 4) is 0 Å². The number of hydrogen-bond acceptors (Lipinski definition) is 5. The van der Waals surface area contributed by atoms with Gasteiger partial charge in [0.25, 0.3) is 0 Å². The van der Waals surface area contributed by atoms with E-state index in [2.05, 4.69) is 10.6 Å². The fraction of sp³-hybridized carbons (Fsp3) is 0.719. The molecule has 41 heavy (non-hydrogen) atoms. The summed E-state index contributed by atoms with van der Waals surface area (Å²) in [6.45, 7) is 10.5. The van der Waals surface area contributed by atoms with Crippen LogP contribution in [0.3, 0.4) is 0 Å². The maximum absolute atomic E-state index is 13.9. The summed E-state index contributed by atoms with van der Waals surface area (Å²) < 4.78 is 13.6. The molecule has 3 amide bonds. The molecule has 8 nitrogen and oxygen atoms in total. The van der Waals surface area contributed by atoms with Crippen molar-refractivity contribution in [3.05, 3.63) is 35.6 Å². The van der Waals surface area contributed by atoms with Gasteiger partial charge in [-0.15, -0.1) is 0 Å². The van der Waals surface area contributed by atoms with E-state index < -0.39 is 11.5 Å². The van der Waals surface area contributed by atoms with Crippen LogP contribution in [0, 0.1) is 23.1 Å². The Morgan fingerprint density at radius 2 is 1.71 bits per heavy atom. The molecule has 0 aromatic heterocycles. The predicted molar refractivity (Wildman–Crippen MR) is 160 cm³/mol. The van der Waals surface area contributed by atoms with Crippen LogP contribution in [-0.4, -0.2) is 78.9 Å². The first-order chi connectivity index (χ1) is 19.3.